The summed E-state index contributed by atoms with van der Waals surface area (Å²) >= 11 is 5.91. The fraction of sp³-hybridized carbons (Fsp3) is 0.318. The van der Waals surface area contributed by atoms with Gasteiger partial charge in [-0.3, -0.25) is 4.79 Å². The van der Waals surface area contributed by atoms with Gasteiger partial charge < -0.3 is 14.6 Å². The molecule has 0 spiro atoms. The summed E-state index contributed by atoms with van der Waals surface area (Å²) in [7, 11) is 0. The predicted molar refractivity (Wildman–Crippen MR) is 113 cm³/mol. The van der Waals surface area contributed by atoms with E-state index >= 15 is 0 Å². The molecule has 1 aliphatic rings. The van der Waals surface area contributed by atoms with Crippen LogP contribution < -0.4 is 10.1 Å². The second-order valence-electron chi connectivity index (χ2n) is 7.20. The van der Waals surface area contributed by atoms with Crippen molar-refractivity contribution in [1.82, 2.24) is 14.8 Å². The topological polar surface area (TPSA) is 69.0 Å². The number of halogens is 2. The van der Waals surface area contributed by atoms with Gasteiger partial charge in [-0.2, -0.15) is 0 Å². The molecule has 0 bridgehead atoms. The van der Waals surface area contributed by atoms with Crippen molar-refractivity contribution in [1.29, 1.82) is 0 Å². The van der Waals surface area contributed by atoms with Crippen molar-refractivity contribution in [2.45, 2.75) is 38.6 Å². The number of ether oxygens (including phenoxy) is 1. The second kappa shape index (κ2) is 9.26. The Morgan fingerprint density at radius 3 is 2.93 bits per heavy atom. The lowest BCUT2D eigenvalue weighted by Crippen LogP contribution is -2.16. The van der Waals surface area contributed by atoms with Crippen molar-refractivity contribution in [3.63, 3.8) is 0 Å². The van der Waals surface area contributed by atoms with Crippen molar-refractivity contribution in [2.75, 3.05) is 11.9 Å². The Labute approximate surface area is 179 Å². The van der Waals surface area contributed by atoms with E-state index in [0.29, 0.717) is 16.6 Å². The Bertz CT molecular complexity index is 1050. The molecule has 0 aliphatic carbocycles. The number of carbonyl (C=O) groups excluding carboxylic acids is 1. The highest BCUT2D eigenvalue weighted by atomic mass is 35.5. The van der Waals surface area contributed by atoms with Gasteiger partial charge in [-0.15, -0.1) is 10.2 Å². The molecule has 6 nitrogen and oxygen atoms in total. The van der Waals surface area contributed by atoms with Gasteiger partial charge in [0.05, 0.1) is 18.7 Å². The van der Waals surface area contributed by atoms with Crippen LogP contribution in [0.5, 0.6) is 5.75 Å². The molecule has 2 heterocycles. The third-order valence-electron chi connectivity index (χ3n) is 5.00. The Morgan fingerprint density at radius 1 is 1.17 bits per heavy atom. The van der Waals surface area contributed by atoms with E-state index in [1.165, 1.54) is 6.07 Å². The molecule has 0 fully saturated rings. The first-order valence-corrected chi connectivity index (χ1v) is 10.4. The van der Waals surface area contributed by atoms with Crippen molar-refractivity contribution in [3.05, 3.63) is 59.1 Å². The summed E-state index contributed by atoms with van der Waals surface area (Å²) in [6.45, 7) is 1.00. The maximum atomic E-state index is 14.3. The number of rotatable bonds is 6. The van der Waals surface area contributed by atoms with E-state index in [9.17, 15) is 9.18 Å². The number of nitrogens with zero attached hydrogens (tertiary/aromatic N) is 3. The van der Waals surface area contributed by atoms with Crippen LogP contribution in [0.1, 0.15) is 31.5 Å². The first-order chi connectivity index (χ1) is 14.6. The van der Waals surface area contributed by atoms with Crippen LogP contribution in [0.4, 0.5) is 10.1 Å². The maximum absolute atomic E-state index is 14.3. The maximum Gasteiger partial charge on any atom is 0.227 e. The third kappa shape index (κ3) is 4.79. The molecule has 1 amide bonds. The molecule has 156 valence electrons. The molecule has 0 atom stereocenters. The van der Waals surface area contributed by atoms with Crippen molar-refractivity contribution >= 4 is 23.2 Å². The minimum atomic E-state index is -0.501. The van der Waals surface area contributed by atoms with E-state index in [-0.39, 0.29) is 24.6 Å². The number of benzene rings is 2. The molecule has 3 aromatic rings. The van der Waals surface area contributed by atoms with Crippen LogP contribution in [-0.2, 0) is 17.8 Å². The summed E-state index contributed by atoms with van der Waals surface area (Å²) in [5, 5.41) is 11.8. The molecular formula is C22H22ClFN4O2. The largest absolute Gasteiger partial charge is 0.493 e. The van der Waals surface area contributed by atoms with E-state index in [2.05, 4.69) is 20.1 Å². The molecule has 1 aromatic heterocycles. The number of anilines is 1. The van der Waals surface area contributed by atoms with Crippen LogP contribution in [0.25, 0.3) is 11.4 Å². The first-order valence-electron chi connectivity index (χ1n) is 10.0. The molecule has 0 saturated carbocycles. The normalized spacial score (nSPS) is 13.4. The molecule has 1 aliphatic heterocycles. The molecule has 2 aromatic carbocycles. The lowest BCUT2D eigenvalue weighted by Gasteiger charge is -2.11. The molecule has 1 N–H and O–H groups in total. The summed E-state index contributed by atoms with van der Waals surface area (Å²) in [5.41, 5.74) is 0.841. The van der Waals surface area contributed by atoms with Crippen LogP contribution >= 0.6 is 11.6 Å². The Kier molecular flexibility index (Phi) is 6.28. The minimum Gasteiger partial charge on any atom is -0.493 e. The number of amides is 1. The van der Waals surface area contributed by atoms with Gasteiger partial charge in [0.2, 0.25) is 5.91 Å². The van der Waals surface area contributed by atoms with Gasteiger partial charge in [0, 0.05) is 23.6 Å². The fourth-order valence-electron chi connectivity index (χ4n) is 3.49. The summed E-state index contributed by atoms with van der Waals surface area (Å²) in [5.74, 6) is 1.39. The number of aryl methyl sites for hydroxylation is 1. The molecule has 0 radical (unpaired) electrons. The van der Waals surface area contributed by atoms with Gasteiger partial charge in [-0.05, 0) is 49.2 Å². The van der Waals surface area contributed by atoms with Crippen molar-refractivity contribution in [3.8, 4) is 17.1 Å². The minimum absolute atomic E-state index is 0.0799. The van der Waals surface area contributed by atoms with E-state index in [4.69, 9.17) is 16.3 Å². The van der Waals surface area contributed by atoms with Crippen LogP contribution in [0, 0.1) is 5.82 Å². The Balaban J connectivity index is 1.42. The zero-order valence-corrected chi connectivity index (χ0v) is 17.2. The highest BCUT2D eigenvalue weighted by Crippen LogP contribution is 2.26. The van der Waals surface area contributed by atoms with Crippen molar-refractivity contribution in [2.24, 2.45) is 0 Å². The standard InChI is InChI=1S/C22H22ClFN4O2/c23-16-5-4-6-17(14-16)30-12-10-21(29)25-19-13-15(8-9-18(19)24)22-27-26-20-7-2-1-3-11-28(20)22/h4-6,8-9,13-14H,1-3,7,10-12H2,(H,25,29). The average Bonchev–Trinajstić information content (AvgIpc) is 2.98. The van der Waals surface area contributed by atoms with E-state index in [1.54, 1.807) is 36.4 Å². The van der Waals surface area contributed by atoms with Crippen molar-refractivity contribution < 1.29 is 13.9 Å². The number of hydrogen-bond acceptors (Lipinski definition) is 4. The quantitative estimate of drug-likeness (QED) is 0.608. The smallest absolute Gasteiger partial charge is 0.227 e. The first kappa shape index (κ1) is 20.3. The zero-order valence-electron chi connectivity index (χ0n) is 16.4. The summed E-state index contributed by atoms with van der Waals surface area (Å²) in [4.78, 5) is 12.3. The lowest BCUT2D eigenvalue weighted by molar-refractivity contribution is -0.116. The zero-order chi connectivity index (χ0) is 20.9. The van der Waals surface area contributed by atoms with E-state index in [1.807, 2.05) is 0 Å². The van der Waals surface area contributed by atoms with E-state index in [0.717, 1.165) is 43.6 Å². The number of aromatic nitrogens is 3. The average molecular weight is 429 g/mol. The molecule has 8 heteroatoms. The molecule has 0 saturated heterocycles. The van der Waals surface area contributed by atoms with Crippen LogP contribution in [-0.4, -0.2) is 27.3 Å². The van der Waals surface area contributed by atoms with Gasteiger partial charge in [-0.1, -0.05) is 24.1 Å². The molecular weight excluding hydrogens is 407 g/mol. The molecule has 30 heavy (non-hydrogen) atoms. The third-order valence-corrected chi connectivity index (χ3v) is 5.24. The predicted octanol–water partition coefficient (Wildman–Crippen LogP) is 4.87. The number of hydrogen-bond donors (Lipinski definition) is 1. The highest BCUT2D eigenvalue weighted by Gasteiger charge is 2.17. The van der Waals surface area contributed by atoms with Crippen LogP contribution in [0.15, 0.2) is 42.5 Å². The van der Waals surface area contributed by atoms with Crippen LogP contribution in [0.3, 0.4) is 0 Å². The SMILES string of the molecule is O=C(CCOc1cccc(Cl)c1)Nc1cc(-c2nnc3n2CCCCC3)ccc1F. The van der Waals surface area contributed by atoms with E-state index < -0.39 is 5.82 Å². The molecule has 0 unspecified atom stereocenters. The number of fused-ring (bicyclic) bond motifs is 1. The van der Waals surface area contributed by atoms with Crippen LogP contribution in [0.2, 0.25) is 5.02 Å². The molecule has 4 rings (SSSR count). The summed E-state index contributed by atoms with van der Waals surface area (Å²) in [6.07, 6.45) is 4.29. The fourth-order valence-corrected chi connectivity index (χ4v) is 3.67. The van der Waals surface area contributed by atoms with Gasteiger partial charge in [0.15, 0.2) is 5.82 Å². The van der Waals surface area contributed by atoms with Gasteiger partial charge in [0.1, 0.15) is 17.4 Å². The highest BCUT2D eigenvalue weighted by molar-refractivity contribution is 6.30. The van der Waals surface area contributed by atoms with Gasteiger partial charge >= 0.3 is 0 Å². The monoisotopic (exact) mass is 428 g/mol. The van der Waals surface area contributed by atoms with Gasteiger partial charge in [0.25, 0.3) is 0 Å². The lowest BCUT2D eigenvalue weighted by atomic mass is 10.1. The van der Waals surface area contributed by atoms with Gasteiger partial charge in [-0.25, -0.2) is 4.39 Å². The second-order valence-corrected chi connectivity index (χ2v) is 7.64. The Hall–Kier alpha value is -2.93. The summed E-state index contributed by atoms with van der Waals surface area (Å²) in [6, 6.07) is 11.5. The summed E-state index contributed by atoms with van der Waals surface area (Å²) < 4.78 is 21.9. The Morgan fingerprint density at radius 2 is 2.07 bits per heavy atom. The number of carbonyl (C=O) groups is 1. The number of nitrogens with one attached hydrogen (secondary N) is 1.